The number of methoxy groups -OCH3 is 3. The Morgan fingerprint density at radius 2 is 1.48 bits per heavy atom. The van der Waals surface area contributed by atoms with Gasteiger partial charge in [-0.1, -0.05) is 61.0 Å². The summed E-state index contributed by atoms with van der Waals surface area (Å²) >= 11 is 0. The van der Waals surface area contributed by atoms with Gasteiger partial charge < -0.3 is 34.0 Å². The van der Waals surface area contributed by atoms with Crippen LogP contribution in [0.2, 0.25) is 0 Å². The monoisotopic (exact) mass is 630 g/mol. The van der Waals surface area contributed by atoms with Gasteiger partial charge in [0.15, 0.2) is 0 Å². The van der Waals surface area contributed by atoms with Crippen molar-refractivity contribution in [1.82, 2.24) is 10.2 Å². The summed E-state index contributed by atoms with van der Waals surface area (Å²) in [7, 11) is 4.61. The molecule has 1 amide bonds. The molecule has 2 atom stereocenters. The van der Waals surface area contributed by atoms with E-state index < -0.39 is 17.6 Å². The molecule has 46 heavy (non-hydrogen) atoms. The lowest BCUT2D eigenvalue weighted by molar-refractivity contribution is -0.144. The van der Waals surface area contributed by atoms with Gasteiger partial charge in [-0.3, -0.25) is 9.59 Å². The first kappa shape index (κ1) is 34.7. The summed E-state index contributed by atoms with van der Waals surface area (Å²) in [6.07, 6.45) is 5.40. The highest BCUT2D eigenvalue weighted by Crippen LogP contribution is 2.42. The molecule has 3 aromatic rings. The smallest absolute Gasteiger partial charge is 0.323 e. The number of carbonyl (C=O) groups is 3. The van der Waals surface area contributed by atoms with Gasteiger partial charge in [0.05, 0.1) is 34.0 Å². The normalized spacial score (nSPS) is 15.3. The number of benzene rings is 3. The minimum absolute atomic E-state index is 0.0436. The number of rotatable bonds is 18. The van der Waals surface area contributed by atoms with Gasteiger partial charge in [0.1, 0.15) is 29.4 Å². The SMILES string of the molecule is COC(=O)C(CC=O)NCCCCCC(=O)N1CCC[C@H]1COC(c1ccccc1)(c1ccc(OC)cc1)c1ccc(OC)cc1. The molecular weight excluding hydrogens is 584 g/mol. The molecule has 1 N–H and O–H groups in total. The first-order valence-corrected chi connectivity index (χ1v) is 16.0. The number of carbonyl (C=O) groups excluding carboxylic acids is 3. The molecule has 9 heteroatoms. The molecule has 0 radical (unpaired) electrons. The number of unbranched alkanes of at least 4 members (excludes halogenated alkanes) is 2. The molecular formula is C37H46N2O7. The van der Waals surface area contributed by atoms with E-state index in [4.69, 9.17) is 18.9 Å². The number of likely N-dealkylation sites (tertiary alicyclic amines) is 1. The summed E-state index contributed by atoms with van der Waals surface area (Å²) in [4.78, 5) is 38.0. The third-order valence-electron chi connectivity index (χ3n) is 8.64. The average Bonchev–Trinajstić information content (AvgIpc) is 3.59. The number of amides is 1. The standard InChI is InChI=1S/C37H46N2O7/c1-43-32-19-15-29(16-20-32)37(28-11-6-4-7-12-28,30-17-21-33(44-2)22-18-30)46-27-31-13-10-25-39(31)35(41)14-8-5-9-24-38-34(23-26-40)36(42)45-3/h4,6-7,11-12,15-22,26,31,34,38H,5,8-10,13-14,23-25,27H2,1-3H3/t31-,34?/m0/s1. The van der Waals surface area contributed by atoms with Gasteiger partial charge in [-0.2, -0.15) is 0 Å². The molecule has 0 saturated carbocycles. The quantitative estimate of drug-likeness (QED) is 0.0877. The first-order valence-electron chi connectivity index (χ1n) is 16.0. The van der Waals surface area contributed by atoms with Crippen molar-refractivity contribution >= 4 is 18.2 Å². The van der Waals surface area contributed by atoms with Crippen molar-refractivity contribution in [3.8, 4) is 11.5 Å². The lowest BCUT2D eigenvalue weighted by Crippen LogP contribution is -2.42. The molecule has 0 bridgehead atoms. The second-order valence-corrected chi connectivity index (χ2v) is 11.4. The van der Waals surface area contributed by atoms with Gasteiger partial charge in [0.25, 0.3) is 0 Å². The van der Waals surface area contributed by atoms with Crippen LogP contribution < -0.4 is 14.8 Å². The number of nitrogens with one attached hydrogen (secondary N) is 1. The zero-order valence-electron chi connectivity index (χ0n) is 27.1. The van der Waals surface area contributed by atoms with Crippen molar-refractivity contribution in [1.29, 1.82) is 0 Å². The Kier molecular flexibility index (Phi) is 13.2. The van der Waals surface area contributed by atoms with Crippen molar-refractivity contribution < 1.29 is 33.3 Å². The lowest BCUT2D eigenvalue weighted by atomic mass is 9.80. The van der Waals surface area contributed by atoms with E-state index in [9.17, 15) is 14.4 Å². The zero-order valence-corrected chi connectivity index (χ0v) is 27.1. The highest BCUT2D eigenvalue weighted by Gasteiger charge is 2.40. The van der Waals surface area contributed by atoms with Gasteiger partial charge in [-0.05, 0) is 73.2 Å². The van der Waals surface area contributed by atoms with E-state index in [2.05, 4.69) is 17.4 Å². The molecule has 3 aromatic carbocycles. The highest BCUT2D eigenvalue weighted by atomic mass is 16.5. The number of hydrogen-bond donors (Lipinski definition) is 1. The van der Waals surface area contributed by atoms with E-state index in [0.717, 1.165) is 60.3 Å². The second kappa shape index (κ2) is 17.5. The van der Waals surface area contributed by atoms with Crippen molar-refractivity contribution in [2.45, 2.75) is 62.6 Å². The predicted octanol–water partition coefficient (Wildman–Crippen LogP) is 5.28. The van der Waals surface area contributed by atoms with Crippen LogP contribution in [0.25, 0.3) is 0 Å². The molecule has 1 heterocycles. The first-order chi connectivity index (χ1) is 22.5. The topological polar surface area (TPSA) is 103 Å². The molecule has 1 aliphatic rings. The Balaban J connectivity index is 1.46. The van der Waals surface area contributed by atoms with E-state index in [0.29, 0.717) is 32.4 Å². The molecule has 1 unspecified atom stereocenters. The molecule has 0 spiro atoms. The van der Waals surface area contributed by atoms with Crippen LogP contribution in [0.5, 0.6) is 11.5 Å². The van der Waals surface area contributed by atoms with Crippen molar-refractivity contribution in [2.75, 3.05) is 41.0 Å². The second-order valence-electron chi connectivity index (χ2n) is 11.4. The van der Waals surface area contributed by atoms with Crippen molar-refractivity contribution in [3.63, 3.8) is 0 Å². The van der Waals surface area contributed by atoms with Crippen LogP contribution >= 0.6 is 0 Å². The van der Waals surface area contributed by atoms with Gasteiger partial charge in [0, 0.05) is 19.4 Å². The third kappa shape index (κ3) is 8.53. The maximum absolute atomic E-state index is 13.4. The molecule has 4 rings (SSSR count). The van der Waals surface area contributed by atoms with E-state index in [1.807, 2.05) is 71.6 Å². The summed E-state index contributed by atoms with van der Waals surface area (Å²) < 4.78 is 22.7. The average molecular weight is 631 g/mol. The Labute approximate surface area is 272 Å². The summed E-state index contributed by atoms with van der Waals surface area (Å²) in [5.74, 6) is 1.20. The number of aldehydes is 1. The Hall–Kier alpha value is -4.21. The summed E-state index contributed by atoms with van der Waals surface area (Å²) in [6, 6.07) is 25.4. The molecule has 0 aliphatic carbocycles. The van der Waals surface area contributed by atoms with E-state index in [-0.39, 0.29) is 18.4 Å². The molecule has 9 nitrogen and oxygen atoms in total. The zero-order chi connectivity index (χ0) is 32.8. The summed E-state index contributed by atoms with van der Waals surface area (Å²) in [5, 5.41) is 3.07. The van der Waals surface area contributed by atoms with Crippen LogP contribution in [0, 0.1) is 0 Å². The van der Waals surface area contributed by atoms with E-state index >= 15 is 0 Å². The molecule has 1 saturated heterocycles. The minimum atomic E-state index is -0.935. The number of esters is 1. The highest BCUT2D eigenvalue weighted by molar-refractivity contribution is 5.78. The minimum Gasteiger partial charge on any atom is -0.497 e. The molecule has 246 valence electrons. The van der Waals surface area contributed by atoms with Crippen LogP contribution in [-0.2, 0) is 29.5 Å². The number of nitrogens with zero attached hydrogens (tertiary/aromatic N) is 1. The Bertz CT molecular complexity index is 1330. The number of hydrogen-bond acceptors (Lipinski definition) is 8. The summed E-state index contributed by atoms with van der Waals surface area (Å²) in [6.45, 7) is 1.65. The predicted molar refractivity (Wildman–Crippen MR) is 176 cm³/mol. The molecule has 1 aliphatic heterocycles. The fraction of sp³-hybridized carbons (Fsp3) is 0.432. The lowest BCUT2D eigenvalue weighted by Gasteiger charge is -2.38. The van der Waals surface area contributed by atoms with Gasteiger partial charge in [0.2, 0.25) is 5.91 Å². The Morgan fingerprint density at radius 1 is 0.870 bits per heavy atom. The molecule has 0 aromatic heterocycles. The Morgan fingerprint density at radius 3 is 2.04 bits per heavy atom. The van der Waals surface area contributed by atoms with Gasteiger partial charge in [-0.15, -0.1) is 0 Å². The van der Waals surface area contributed by atoms with Crippen molar-refractivity contribution in [3.05, 3.63) is 95.6 Å². The van der Waals surface area contributed by atoms with Crippen LogP contribution in [0.15, 0.2) is 78.9 Å². The summed E-state index contributed by atoms with van der Waals surface area (Å²) in [5.41, 5.74) is 1.96. The van der Waals surface area contributed by atoms with Crippen LogP contribution in [0.1, 0.15) is 61.6 Å². The van der Waals surface area contributed by atoms with Crippen molar-refractivity contribution in [2.24, 2.45) is 0 Å². The van der Waals surface area contributed by atoms with Crippen LogP contribution in [-0.4, -0.2) is 76.2 Å². The maximum Gasteiger partial charge on any atom is 0.323 e. The maximum atomic E-state index is 13.4. The largest absolute Gasteiger partial charge is 0.497 e. The van der Waals surface area contributed by atoms with Crippen LogP contribution in [0.3, 0.4) is 0 Å². The fourth-order valence-electron chi connectivity index (χ4n) is 6.13. The number of ether oxygens (including phenoxy) is 4. The van der Waals surface area contributed by atoms with Crippen LogP contribution in [0.4, 0.5) is 0 Å². The third-order valence-corrected chi connectivity index (χ3v) is 8.64. The van der Waals surface area contributed by atoms with Gasteiger partial charge in [-0.25, -0.2) is 0 Å². The fourth-order valence-corrected chi connectivity index (χ4v) is 6.13. The van der Waals surface area contributed by atoms with E-state index in [1.54, 1.807) is 14.2 Å². The molecule has 1 fully saturated rings. The van der Waals surface area contributed by atoms with E-state index in [1.165, 1.54) is 7.11 Å². The van der Waals surface area contributed by atoms with Gasteiger partial charge >= 0.3 is 5.97 Å².